The maximum Gasteiger partial charge on any atom is 0.191 e. The van der Waals surface area contributed by atoms with E-state index in [1.54, 1.807) is 6.20 Å². The van der Waals surface area contributed by atoms with Crippen molar-refractivity contribution in [2.75, 3.05) is 6.54 Å². The highest BCUT2D eigenvalue weighted by Gasteiger charge is 2.03. The SMILES string of the molecule is CCNC(=NCc1cccc(Cn2ccnc2)c1)NCc1ccccc1CC. The predicted octanol–water partition coefficient (Wildman–Crippen LogP) is 3.75. The number of nitrogens with zero attached hydrogens (tertiary/aromatic N) is 3. The molecule has 0 spiro atoms. The first-order valence-corrected chi connectivity index (χ1v) is 9.91. The van der Waals surface area contributed by atoms with Crippen molar-refractivity contribution in [2.45, 2.75) is 39.9 Å². The van der Waals surface area contributed by atoms with Gasteiger partial charge in [0.05, 0.1) is 12.9 Å². The summed E-state index contributed by atoms with van der Waals surface area (Å²) in [5.41, 5.74) is 5.14. The Balaban J connectivity index is 1.64. The normalized spacial score (nSPS) is 11.4. The summed E-state index contributed by atoms with van der Waals surface area (Å²) in [4.78, 5) is 8.87. The smallest absolute Gasteiger partial charge is 0.191 e. The molecule has 0 atom stereocenters. The minimum Gasteiger partial charge on any atom is -0.357 e. The van der Waals surface area contributed by atoms with Gasteiger partial charge < -0.3 is 15.2 Å². The number of aromatic nitrogens is 2. The Kier molecular flexibility index (Phi) is 7.24. The van der Waals surface area contributed by atoms with E-state index in [9.17, 15) is 0 Å². The predicted molar refractivity (Wildman–Crippen MR) is 115 cm³/mol. The van der Waals surface area contributed by atoms with Crippen molar-refractivity contribution in [1.29, 1.82) is 0 Å². The number of imidazole rings is 1. The van der Waals surface area contributed by atoms with Crippen LogP contribution in [0.4, 0.5) is 0 Å². The van der Waals surface area contributed by atoms with E-state index in [0.29, 0.717) is 6.54 Å². The molecule has 2 N–H and O–H groups in total. The van der Waals surface area contributed by atoms with E-state index in [4.69, 9.17) is 4.99 Å². The first-order valence-electron chi connectivity index (χ1n) is 9.91. The summed E-state index contributed by atoms with van der Waals surface area (Å²) in [5, 5.41) is 6.80. The van der Waals surface area contributed by atoms with Crippen LogP contribution in [0.3, 0.4) is 0 Å². The molecule has 2 aromatic carbocycles. The van der Waals surface area contributed by atoms with Gasteiger partial charge in [-0.05, 0) is 35.6 Å². The molecule has 1 heterocycles. The lowest BCUT2D eigenvalue weighted by Crippen LogP contribution is -2.37. The molecule has 5 heteroatoms. The fourth-order valence-electron chi connectivity index (χ4n) is 3.18. The number of aryl methyl sites for hydroxylation is 1. The minimum absolute atomic E-state index is 0.641. The molecule has 3 rings (SSSR count). The number of guanidine groups is 1. The van der Waals surface area contributed by atoms with Gasteiger partial charge in [-0.3, -0.25) is 0 Å². The van der Waals surface area contributed by atoms with Crippen LogP contribution in [0.2, 0.25) is 0 Å². The van der Waals surface area contributed by atoms with Crippen LogP contribution in [-0.2, 0) is 26.1 Å². The standard InChI is InChI=1S/C23H29N5/c1-3-21-10-5-6-11-22(21)16-27-23(25-4-2)26-15-19-8-7-9-20(14-19)17-28-13-12-24-18-28/h5-14,18H,3-4,15-17H2,1-2H3,(H2,25,26,27). The summed E-state index contributed by atoms with van der Waals surface area (Å²) in [7, 11) is 0. The van der Waals surface area contributed by atoms with Crippen molar-refractivity contribution in [3.05, 3.63) is 89.5 Å². The fraction of sp³-hybridized carbons (Fsp3) is 0.304. The molecule has 0 aliphatic rings. The molecule has 0 fully saturated rings. The maximum absolute atomic E-state index is 4.77. The van der Waals surface area contributed by atoms with Gasteiger partial charge >= 0.3 is 0 Å². The van der Waals surface area contributed by atoms with Crippen molar-refractivity contribution in [2.24, 2.45) is 4.99 Å². The zero-order valence-corrected chi connectivity index (χ0v) is 16.7. The maximum atomic E-state index is 4.77. The molecule has 0 aliphatic carbocycles. The highest BCUT2D eigenvalue weighted by molar-refractivity contribution is 5.79. The molecule has 0 saturated heterocycles. The zero-order valence-electron chi connectivity index (χ0n) is 16.7. The van der Waals surface area contributed by atoms with Crippen LogP contribution >= 0.6 is 0 Å². The summed E-state index contributed by atoms with van der Waals surface area (Å²) < 4.78 is 2.07. The van der Waals surface area contributed by atoms with E-state index >= 15 is 0 Å². The fourth-order valence-corrected chi connectivity index (χ4v) is 3.18. The van der Waals surface area contributed by atoms with E-state index in [2.05, 4.69) is 82.6 Å². The Labute approximate surface area is 167 Å². The second-order valence-corrected chi connectivity index (χ2v) is 6.73. The van der Waals surface area contributed by atoms with E-state index in [1.165, 1.54) is 22.3 Å². The van der Waals surface area contributed by atoms with E-state index in [-0.39, 0.29) is 0 Å². The van der Waals surface area contributed by atoms with E-state index in [0.717, 1.165) is 32.0 Å². The van der Waals surface area contributed by atoms with Crippen molar-refractivity contribution in [3.8, 4) is 0 Å². The van der Waals surface area contributed by atoms with Crippen LogP contribution in [0.25, 0.3) is 0 Å². The molecule has 28 heavy (non-hydrogen) atoms. The van der Waals surface area contributed by atoms with Crippen molar-refractivity contribution >= 4 is 5.96 Å². The molecule has 3 aromatic rings. The molecule has 0 saturated carbocycles. The number of rotatable bonds is 8. The van der Waals surface area contributed by atoms with Crippen LogP contribution in [0.1, 0.15) is 36.1 Å². The van der Waals surface area contributed by atoms with Crippen molar-refractivity contribution < 1.29 is 0 Å². The average Bonchev–Trinajstić information content (AvgIpc) is 3.23. The molecule has 0 radical (unpaired) electrons. The molecular weight excluding hydrogens is 346 g/mol. The molecule has 0 bridgehead atoms. The molecule has 1 aromatic heterocycles. The lowest BCUT2D eigenvalue weighted by Gasteiger charge is -2.13. The van der Waals surface area contributed by atoms with Gasteiger partial charge in [0.15, 0.2) is 5.96 Å². The highest BCUT2D eigenvalue weighted by Crippen LogP contribution is 2.10. The second kappa shape index (κ2) is 10.3. The molecule has 0 aliphatic heterocycles. The monoisotopic (exact) mass is 375 g/mol. The van der Waals surface area contributed by atoms with Crippen LogP contribution < -0.4 is 10.6 Å². The second-order valence-electron chi connectivity index (χ2n) is 6.73. The molecular formula is C23H29N5. The van der Waals surface area contributed by atoms with Gasteiger partial charge in [0.1, 0.15) is 0 Å². The third-order valence-corrected chi connectivity index (χ3v) is 4.63. The van der Waals surface area contributed by atoms with E-state index in [1.807, 2.05) is 12.5 Å². The molecule has 146 valence electrons. The summed E-state index contributed by atoms with van der Waals surface area (Å²) in [6.45, 7) is 7.35. The highest BCUT2D eigenvalue weighted by atomic mass is 15.2. The topological polar surface area (TPSA) is 54.2 Å². The number of aliphatic imine (C=N–C) groups is 1. The Morgan fingerprint density at radius 1 is 1.00 bits per heavy atom. The largest absolute Gasteiger partial charge is 0.357 e. The molecule has 5 nitrogen and oxygen atoms in total. The quantitative estimate of drug-likeness (QED) is 0.466. The first-order chi connectivity index (χ1) is 13.8. The van der Waals surface area contributed by atoms with Gasteiger partial charge in [-0.25, -0.2) is 9.98 Å². The zero-order chi connectivity index (χ0) is 19.6. The molecule has 0 unspecified atom stereocenters. The van der Waals surface area contributed by atoms with Crippen molar-refractivity contribution in [3.63, 3.8) is 0 Å². The van der Waals surface area contributed by atoms with Crippen LogP contribution in [0.15, 0.2) is 72.2 Å². The van der Waals surface area contributed by atoms with Crippen LogP contribution in [0, 0.1) is 0 Å². The summed E-state index contributed by atoms with van der Waals surface area (Å²) >= 11 is 0. The number of hydrogen-bond acceptors (Lipinski definition) is 2. The Morgan fingerprint density at radius 3 is 2.57 bits per heavy atom. The lowest BCUT2D eigenvalue weighted by molar-refractivity contribution is 0.793. The summed E-state index contributed by atoms with van der Waals surface area (Å²) in [5.74, 6) is 0.841. The summed E-state index contributed by atoms with van der Waals surface area (Å²) in [6, 6.07) is 17.1. The number of nitrogens with one attached hydrogen (secondary N) is 2. The van der Waals surface area contributed by atoms with E-state index < -0.39 is 0 Å². The lowest BCUT2D eigenvalue weighted by atomic mass is 10.1. The van der Waals surface area contributed by atoms with Gasteiger partial charge in [0, 0.05) is 32.0 Å². The number of benzene rings is 2. The van der Waals surface area contributed by atoms with Crippen molar-refractivity contribution in [1.82, 2.24) is 20.2 Å². The van der Waals surface area contributed by atoms with Gasteiger partial charge in [-0.1, -0.05) is 55.5 Å². The number of hydrogen-bond donors (Lipinski definition) is 2. The molecule has 0 amide bonds. The summed E-state index contributed by atoms with van der Waals surface area (Å²) in [6.07, 6.45) is 6.66. The average molecular weight is 376 g/mol. The van der Waals surface area contributed by atoms with Gasteiger partial charge in [-0.2, -0.15) is 0 Å². The van der Waals surface area contributed by atoms with Gasteiger partial charge in [-0.15, -0.1) is 0 Å². The first kappa shape index (κ1) is 19.7. The Hall–Kier alpha value is -3.08. The van der Waals surface area contributed by atoms with Crippen LogP contribution in [0.5, 0.6) is 0 Å². The van der Waals surface area contributed by atoms with Gasteiger partial charge in [0.2, 0.25) is 0 Å². The Morgan fingerprint density at radius 2 is 1.82 bits per heavy atom. The third-order valence-electron chi connectivity index (χ3n) is 4.63. The van der Waals surface area contributed by atoms with Crippen LogP contribution in [-0.4, -0.2) is 22.1 Å². The third kappa shape index (κ3) is 5.71. The van der Waals surface area contributed by atoms with Gasteiger partial charge in [0.25, 0.3) is 0 Å². The Bertz CT molecular complexity index is 884. The minimum atomic E-state index is 0.641.